The Morgan fingerprint density at radius 2 is 1.00 bits per heavy atom. The number of rotatable bonds is 26. The highest BCUT2D eigenvalue weighted by atomic mass is 32.2. The van der Waals surface area contributed by atoms with Gasteiger partial charge in [-0.15, -0.1) is 0 Å². The van der Waals surface area contributed by atoms with Crippen molar-refractivity contribution in [1.82, 2.24) is 42.5 Å². The van der Waals surface area contributed by atoms with E-state index in [4.69, 9.17) is 11.5 Å². The molecule has 0 bridgehead atoms. The summed E-state index contributed by atoms with van der Waals surface area (Å²) in [6, 6.07) is 3.66. The molecular weight excluding hydrogens is 825 g/mol. The molecule has 2 aromatic carbocycles. The van der Waals surface area contributed by atoms with Gasteiger partial charge in [0.2, 0.25) is 47.3 Å². The van der Waals surface area contributed by atoms with E-state index in [9.17, 15) is 48.3 Å². The number of hydrogen-bond donors (Lipinski definition) is 11. The molecule has 0 aliphatic carbocycles. The highest BCUT2D eigenvalue weighted by molar-refractivity contribution is 7.98. The van der Waals surface area contributed by atoms with Crippen LogP contribution < -0.4 is 54.0 Å². The predicted molar refractivity (Wildman–Crippen MR) is 234 cm³/mol. The molecule has 0 unspecified atom stereocenters. The zero-order valence-corrected chi connectivity index (χ0v) is 36.8. The molecule has 0 aliphatic heterocycles. The van der Waals surface area contributed by atoms with E-state index < -0.39 is 102 Å². The first kappa shape index (κ1) is 52.3. The lowest BCUT2D eigenvalue weighted by Gasteiger charge is -2.25. The van der Waals surface area contributed by atoms with Crippen molar-refractivity contribution in [2.75, 3.05) is 25.1 Å². The average Bonchev–Trinajstić information content (AvgIpc) is 3.23. The number of nitrogens with two attached hydrogens (primary N) is 2. The van der Waals surface area contributed by atoms with Gasteiger partial charge in [0.05, 0.1) is 6.54 Å². The van der Waals surface area contributed by atoms with Gasteiger partial charge in [0, 0.05) is 6.42 Å². The number of fused-ring (bicyclic) bond motifs is 1. The molecule has 0 saturated heterocycles. The number of unbranched alkanes of at least 4 members (excludes halogenated alkanes) is 1. The van der Waals surface area contributed by atoms with E-state index in [1.807, 2.05) is 36.6 Å². The van der Waals surface area contributed by atoms with E-state index in [0.717, 1.165) is 10.8 Å². The standard InChI is InChI=1S/C41H62N10O10S/c1-22(34(53)44-23(2)35(54)46-25(4)37(56)50-31(41(60)61)16-9-10-18-42)45-36(55)24(3)48-40(59)32(20-28-14-11-13-27-12-7-8-15-29(27)28)51-38(57)26(5)47-39(58)30(17-19-62-6)49-33(52)21-43/h7-8,11-15,22-26,30-32H,9-10,16-21,42-43H2,1-6H3,(H,44,53)(H,45,55)(H,46,54)(H,47,58)(H,48,59)(H,49,52)(H,50,56)(H,51,57)(H,60,61)/t22-,23-,24+,25+,26-,30-,31-,32+/m0/s1. The van der Waals surface area contributed by atoms with E-state index in [-0.39, 0.29) is 25.8 Å². The number of carbonyl (C=O) groups is 9. The van der Waals surface area contributed by atoms with Crippen molar-refractivity contribution < 1.29 is 48.3 Å². The molecule has 0 aromatic heterocycles. The highest BCUT2D eigenvalue weighted by Gasteiger charge is 2.31. The summed E-state index contributed by atoms with van der Waals surface area (Å²) in [5, 5.41) is 31.3. The fourth-order valence-corrected chi connectivity index (χ4v) is 6.44. The van der Waals surface area contributed by atoms with Crippen molar-refractivity contribution in [3.8, 4) is 0 Å². The van der Waals surface area contributed by atoms with Crippen LogP contribution in [-0.4, -0.2) is 132 Å². The summed E-state index contributed by atoms with van der Waals surface area (Å²) >= 11 is 1.47. The van der Waals surface area contributed by atoms with Crippen LogP contribution >= 0.6 is 11.8 Å². The SMILES string of the molecule is CSCC[C@H](NC(=O)CN)C(=O)N[C@@H](C)C(=O)N[C@H](Cc1cccc2ccccc12)C(=O)N[C@H](C)C(=O)N[C@@H](C)C(=O)N[C@@H](C)C(=O)N[C@H](C)C(=O)N[C@@H](CCCCN)C(=O)O. The van der Waals surface area contributed by atoms with Crippen molar-refractivity contribution in [3.63, 3.8) is 0 Å². The Morgan fingerprint density at radius 3 is 1.48 bits per heavy atom. The highest BCUT2D eigenvalue weighted by Crippen LogP contribution is 2.20. The topological polar surface area (TPSA) is 322 Å². The molecule has 0 saturated carbocycles. The molecular formula is C41H62N10O10S. The van der Waals surface area contributed by atoms with Gasteiger partial charge < -0.3 is 59.1 Å². The Labute approximate surface area is 365 Å². The van der Waals surface area contributed by atoms with Crippen molar-refractivity contribution in [2.45, 2.75) is 115 Å². The van der Waals surface area contributed by atoms with Crippen LogP contribution in [0, 0.1) is 0 Å². The van der Waals surface area contributed by atoms with Crippen molar-refractivity contribution in [1.29, 1.82) is 0 Å². The minimum absolute atomic E-state index is 0.00912. The van der Waals surface area contributed by atoms with Gasteiger partial charge in [-0.05, 0) is 95.2 Å². The summed E-state index contributed by atoms with van der Waals surface area (Å²) in [4.78, 5) is 116. The second-order valence-corrected chi connectivity index (χ2v) is 15.8. The fraction of sp³-hybridized carbons (Fsp3) is 0.537. The van der Waals surface area contributed by atoms with Crippen LogP contribution in [0.1, 0.15) is 65.9 Å². The van der Waals surface area contributed by atoms with E-state index in [1.165, 1.54) is 46.4 Å². The molecule has 21 heteroatoms. The van der Waals surface area contributed by atoms with Gasteiger partial charge in [0.1, 0.15) is 48.3 Å². The molecule has 0 heterocycles. The van der Waals surface area contributed by atoms with E-state index >= 15 is 0 Å². The first-order chi connectivity index (χ1) is 29.3. The van der Waals surface area contributed by atoms with Crippen LogP contribution in [-0.2, 0) is 49.6 Å². The number of aliphatic carboxylic acids is 1. The summed E-state index contributed by atoms with van der Waals surface area (Å²) in [6.07, 6.45) is 3.31. The average molecular weight is 887 g/mol. The normalized spacial score (nSPS) is 14.8. The number of carboxylic acids is 1. The molecule has 342 valence electrons. The van der Waals surface area contributed by atoms with Gasteiger partial charge in [0.15, 0.2) is 0 Å². The second-order valence-electron chi connectivity index (χ2n) is 14.8. The number of amides is 8. The van der Waals surface area contributed by atoms with Crippen LogP contribution in [0.3, 0.4) is 0 Å². The predicted octanol–water partition coefficient (Wildman–Crippen LogP) is -1.71. The van der Waals surface area contributed by atoms with Crippen LogP contribution in [0.15, 0.2) is 42.5 Å². The molecule has 13 N–H and O–H groups in total. The minimum Gasteiger partial charge on any atom is -0.480 e. The van der Waals surface area contributed by atoms with Crippen molar-refractivity contribution >= 4 is 75.8 Å². The van der Waals surface area contributed by atoms with Crippen LogP contribution in [0.25, 0.3) is 10.8 Å². The number of carboxylic acid groups (broad SMARTS) is 1. The molecule has 2 aromatic rings. The monoisotopic (exact) mass is 886 g/mol. The van der Waals surface area contributed by atoms with Crippen LogP contribution in [0.4, 0.5) is 0 Å². The molecule has 0 fully saturated rings. The second kappa shape index (κ2) is 26.5. The van der Waals surface area contributed by atoms with Gasteiger partial charge in [-0.25, -0.2) is 4.79 Å². The number of hydrogen-bond acceptors (Lipinski definition) is 12. The van der Waals surface area contributed by atoms with Gasteiger partial charge >= 0.3 is 5.97 Å². The van der Waals surface area contributed by atoms with E-state index in [0.29, 0.717) is 30.7 Å². The maximum absolute atomic E-state index is 13.8. The first-order valence-electron chi connectivity index (χ1n) is 20.3. The lowest BCUT2D eigenvalue weighted by atomic mass is 9.98. The number of benzene rings is 2. The van der Waals surface area contributed by atoms with E-state index in [1.54, 1.807) is 12.1 Å². The summed E-state index contributed by atoms with van der Waals surface area (Å²) in [5.74, 6) is -6.34. The van der Waals surface area contributed by atoms with Crippen molar-refractivity contribution in [3.05, 3.63) is 48.0 Å². The zero-order valence-electron chi connectivity index (χ0n) is 36.0. The Balaban J connectivity index is 2.10. The Kier molecular flexibility index (Phi) is 22.4. The van der Waals surface area contributed by atoms with Crippen molar-refractivity contribution in [2.24, 2.45) is 11.5 Å². The summed E-state index contributed by atoms with van der Waals surface area (Å²) in [6.45, 7) is 6.89. The third kappa shape index (κ3) is 17.3. The fourth-order valence-electron chi connectivity index (χ4n) is 5.97. The minimum atomic E-state index is -1.25. The van der Waals surface area contributed by atoms with Gasteiger partial charge in [-0.2, -0.15) is 11.8 Å². The Bertz CT molecular complexity index is 1900. The molecule has 0 aliphatic rings. The van der Waals surface area contributed by atoms with E-state index in [2.05, 4.69) is 42.5 Å². The largest absolute Gasteiger partial charge is 0.480 e. The number of nitrogens with one attached hydrogen (secondary N) is 8. The summed E-state index contributed by atoms with van der Waals surface area (Å²) < 4.78 is 0. The lowest BCUT2D eigenvalue weighted by molar-refractivity contribution is -0.142. The molecule has 0 radical (unpaired) electrons. The Morgan fingerprint density at radius 1 is 0.548 bits per heavy atom. The van der Waals surface area contributed by atoms with Gasteiger partial charge in [-0.1, -0.05) is 42.5 Å². The maximum Gasteiger partial charge on any atom is 0.326 e. The van der Waals surface area contributed by atoms with Crippen LogP contribution in [0.5, 0.6) is 0 Å². The molecule has 20 nitrogen and oxygen atoms in total. The number of thioether (sulfide) groups is 1. The third-order valence-electron chi connectivity index (χ3n) is 9.71. The molecule has 0 spiro atoms. The Hall–Kier alpha value is -5.80. The van der Waals surface area contributed by atoms with Gasteiger partial charge in [-0.3, -0.25) is 38.4 Å². The summed E-state index contributed by atoms with van der Waals surface area (Å²) in [5.41, 5.74) is 11.6. The third-order valence-corrected chi connectivity index (χ3v) is 10.4. The van der Waals surface area contributed by atoms with Crippen LogP contribution in [0.2, 0.25) is 0 Å². The quantitative estimate of drug-likeness (QED) is 0.0470. The lowest BCUT2D eigenvalue weighted by Crippen LogP contribution is -2.59. The molecule has 8 amide bonds. The number of carbonyl (C=O) groups excluding carboxylic acids is 8. The smallest absolute Gasteiger partial charge is 0.326 e. The molecule has 2 rings (SSSR count). The molecule has 62 heavy (non-hydrogen) atoms. The first-order valence-corrected chi connectivity index (χ1v) is 21.7. The maximum atomic E-state index is 13.8. The van der Waals surface area contributed by atoms with Gasteiger partial charge in [0.25, 0.3) is 0 Å². The summed E-state index contributed by atoms with van der Waals surface area (Å²) in [7, 11) is 0. The molecule has 8 atom stereocenters. The zero-order chi connectivity index (χ0) is 46.5.